The van der Waals surface area contributed by atoms with Crippen molar-refractivity contribution in [1.29, 1.82) is 0 Å². The lowest BCUT2D eigenvalue weighted by molar-refractivity contribution is -0.135. The highest BCUT2D eigenvalue weighted by atomic mass is 16.5. The van der Waals surface area contributed by atoms with Crippen LogP contribution in [-0.2, 0) is 9.59 Å². The fourth-order valence-corrected chi connectivity index (χ4v) is 1.86. The molecule has 0 atom stereocenters. The lowest BCUT2D eigenvalue weighted by atomic mass is 10.1. The van der Waals surface area contributed by atoms with Crippen molar-refractivity contribution in [3.63, 3.8) is 0 Å². The third-order valence-electron chi connectivity index (χ3n) is 2.99. The van der Waals surface area contributed by atoms with Gasteiger partial charge in [0.1, 0.15) is 5.75 Å². The molecule has 0 aromatic heterocycles. The van der Waals surface area contributed by atoms with E-state index in [4.69, 9.17) is 10.5 Å². The van der Waals surface area contributed by atoms with Gasteiger partial charge in [0.05, 0.1) is 18.4 Å². The Bertz CT molecular complexity index is 758. The van der Waals surface area contributed by atoms with Crippen molar-refractivity contribution < 1.29 is 19.1 Å². The molecule has 23 heavy (non-hydrogen) atoms. The number of para-hydroxylation sites is 3. The average Bonchev–Trinajstić information content (AvgIpc) is 2.55. The number of nitrogen functional groups attached to an aromatic ring is 1. The number of carbonyl (C=O) groups is 3. The predicted molar refractivity (Wildman–Crippen MR) is 85.0 cm³/mol. The van der Waals surface area contributed by atoms with E-state index in [2.05, 4.69) is 5.32 Å². The maximum absolute atomic E-state index is 11.9. The molecule has 0 fully saturated rings. The molecule has 2 aromatic rings. The van der Waals surface area contributed by atoms with Gasteiger partial charge in [-0.3, -0.25) is 19.7 Å². The first-order valence-corrected chi connectivity index (χ1v) is 6.67. The second kappa shape index (κ2) is 7.08. The van der Waals surface area contributed by atoms with Gasteiger partial charge in [0.2, 0.25) is 0 Å². The number of amides is 3. The van der Waals surface area contributed by atoms with Crippen LogP contribution in [-0.4, -0.2) is 24.8 Å². The van der Waals surface area contributed by atoms with Crippen LogP contribution in [0.1, 0.15) is 10.4 Å². The van der Waals surface area contributed by atoms with E-state index in [0.29, 0.717) is 11.4 Å². The third-order valence-corrected chi connectivity index (χ3v) is 2.99. The molecule has 0 aliphatic heterocycles. The first-order chi connectivity index (χ1) is 11.0. The van der Waals surface area contributed by atoms with Crippen LogP contribution in [0.4, 0.5) is 11.4 Å². The van der Waals surface area contributed by atoms with Crippen LogP contribution in [0.2, 0.25) is 0 Å². The summed E-state index contributed by atoms with van der Waals surface area (Å²) in [5, 5.41) is 4.36. The van der Waals surface area contributed by atoms with E-state index >= 15 is 0 Å². The molecule has 0 unspecified atom stereocenters. The number of nitrogens with two attached hydrogens (primary N) is 1. The minimum Gasteiger partial charge on any atom is -0.495 e. The smallest absolute Gasteiger partial charge is 0.316 e. The van der Waals surface area contributed by atoms with Crippen molar-refractivity contribution in [3.05, 3.63) is 54.1 Å². The third kappa shape index (κ3) is 3.85. The largest absolute Gasteiger partial charge is 0.495 e. The molecule has 0 bridgehead atoms. The number of anilines is 2. The summed E-state index contributed by atoms with van der Waals surface area (Å²) >= 11 is 0. The van der Waals surface area contributed by atoms with E-state index < -0.39 is 17.7 Å². The molecule has 0 saturated heterocycles. The van der Waals surface area contributed by atoms with Crippen molar-refractivity contribution in [3.8, 4) is 5.75 Å². The first-order valence-electron chi connectivity index (χ1n) is 6.67. The fraction of sp³-hybridized carbons (Fsp3) is 0.0625. The summed E-state index contributed by atoms with van der Waals surface area (Å²) in [5.41, 5.74) is 6.29. The van der Waals surface area contributed by atoms with Crippen molar-refractivity contribution >= 4 is 29.1 Å². The Morgan fingerprint density at radius 3 is 2.30 bits per heavy atom. The van der Waals surface area contributed by atoms with Gasteiger partial charge in [0, 0.05) is 5.69 Å². The van der Waals surface area contributed by atoms with Gasteiger partial charge in [-0.2, -0.15) is 0 Å². The SMILES string of the molecule is COc1ccccc1NC(=O)C(=O)NC(=O)c1ccccc1N. The molecule has 0 saturated carbocycles. The Labute approximate surface area is 132 Å². The minimum absolute atomic E-state index is 0.117. The number of ether oxygens (including phenoxy) is 1. The van der Waals surface area contributed by atoms with E-state index in [0.717, 1.165) is 0 Å². The first kappa shape index (κ1) is 16.0. The van der Waals surface area contributed by atoms with E-state index in [9.17, 15) is 14.4 Å². The molecule has 0 aliphatic rings. The summed E-state index contributed by atoms with van der Waals surface area (Å²) in [6.07, 6.45) is 0. The molecule has 0 aliphatic carbocycles. The number of imide groups is 1. The quantitative estimate of drug-likeness (QED) is 0.582. The van der Waals surface area contributed by atoms with E-state index in [1.54, 1.807) is 36.4 Å². The Kier molecular flexibility index (Phi) is 4.93. The number of benzene rings is 2. The van der Waals surface area contributed by atoms with Crippen molar-refractivity contribution in [2.75, 3.05) is 18.2 Å². The van der Waals surface area contributed by atoms with Crippen LogP contribution in [0, 0.1) is 0 Å². The highest BCUT2D eigenvalue weighted by Gasteiger charge is 2.20. The highest BCUT2D eigenvalue weighted by molar-refractivity contribution is 6.42. The maximum Gasteiger partial charge on any atom is 0.316 e. The Hall–Kier alpha value is -3.35. The zero-order valence-corrected chi connectivity index (χ0v) is 12.3. The number of nitrogens with one attached hydrogen (secondary N) is 2. The number of rotatable bonds is 3. The van der Waals surface area contributed by atoms with Gasteiger partial charge in [-0.15, -0.1) is 0 Å². The summed E-state index contributed by atoms with van der Waals surface area (Å²) < 4.78 is 5.06. The molecular weight excluding hydrogens is 298 g/mol. The molecule has 0 radical (unpaired) electrons. The molecule has 2 aromatic carbocycles. The number of hydrogen-bond acceptors (Lipinski definition) is 5. The summed E-state index contributed by atoms with van der Waals surface area (Å²) in [6, 6.07) is 12.8. The second-order valence-electron chi connectivity index (χ2n) is 4.52. The van der Waals surface area contributed by atoms with Crippen molar-refractivity contribution in [2.24, 2.45) is 0 Å². The molecule has 118 valence electrons. The number of carbonyl (C=O) groups excluding carboxylic acids is 3. The Morgan fingerprint density at radius 2 is 1.61 bits per heavy atom. The minimum atomic E-state index is -1.09. The van der Waals surface area contributed by atoms with Gasteiger partial charge in [-0.1, -0.05) is 24.3 Å². The highest BCUT2D eigenvalue weighted by Crippen LogP contribution is 2.22. The van der Waals surface area contributed by atoms with Crippen LogP contribution in [0.3, 0.4) is 0 Å². The molecule has 7 nitrogen and oxygen atoms in total. The summed E-state index contributed by atoms with van der Waals surface area (Å²) in [6.45, 7) is 0. The van der Waals surface area contributed by atoms with Crippen LogP contribution < -0.4 is 21.1 Å². The zero-order chi connectivity index (χ0) is 16.8. The van der Waals surface area contributed by atoms with Gasteiger partial charge >= 0.3 is 11.8 Å². The van der Waals surface area contributed by atoms with E-state index in [1.165, 1.54) is 19.2 Å². The second-order valence-corrected chi connectivity index (χ2v) is 4.52. The normalized spacial score (nSPS) is 9.78. The lowest BCUT2D eigenvalue weighted by Gasteiger charge is -2.10. The Balaban J connectivity index is 2.05. The van der Waals surface area contributed by atoms with Crippen molar-refractivity contribution in [1.82, 2.24) is 5.32 Å². The molecule has 0 spiro atoms. The number of hydrogen-bond donors (Lipinski definition) is 3. The molecule has 0 heterocycles. The monoisotopic (exact) mass is 313 g/mol. The van der Waals surface area contributed by atoms with Gasteiger partial charge in [-0.25, -0.2) is 0 Å². The van der Waals surface area contributed by atoms with Gasteiger partial charge in [-0.05, 0) is 24.3 Å². The summed E-state index contributed by atoms with van der Waals surface area (Å²) in [5.74, 6) is -2.43. The Morgan fingerprint density at radius 1 is 0.957 bits per heavy atom. The molecule has 2 rings (SSSR count). The zero-order valence-electron chi connectivity index (χ0n) is 12.3. The predicted octanol–water partition coefficient (Wildman–Crippen LogP) is 1.17. The molecule has 7 heteroatoms. The number of methoxy groups -OCH3 is 1. The maximum atomic E-state index is 11.9. The topological polar surface area (TPSA) is 111 Å². The van der Waals surface area contributed by atoms with Crippen LogP contribution in [0.15, 0.2) is 48.5 Å². The fourth-order valence-electron chi connectivity index (χ4n) is 1.86. The molecule has 3 amide bonds. The van der Waals surface area contributed by atoms with Gasteiger partial charge in [0.25, 0.3) is 5.91 Å². The summed E-state index contributed by atoms with van der Waals surface area (Å²) in [4.78, 5) is 35.6. The van der Waals surface area contributed by atoms with Gasteiger partial charge in [0.15, 0.2) is 0 Å². The van der Waals surface area contributed by atoms with Gasteiger partial charge < -0.3 is 15.8 Å². The molecule has 4 N–H and O–H groups in total. The standard InChI is InChI=1S/C16H15N3O4/c1-23-13-9-5-4-8-12(13)18-15(21)16(22)19-14(20)10-6-2-3-7-11(10)17/h2-9H,17H2,1H3,(H,18,21)(H,19,20,22). The van der Waals surface area contributed by atoms with Crippen molar-refractivity contribution in [2.45, 2.75) is 0 Å². The van der Waals surface area contributed by atoms with Crippen LogP contribution in [0.25, 0.3) is 0 Å². The average molecular weight is 313 g/mol. The summed E-state index contributed by atoms with van der Waals surface area (Å²) in [7, 11) is 1.44. The molecular formula is C16H15N3O4. The lowest BCUT2D eigenvalue weighted by Crippen LogP contribution is -2.39. The van der Waals surface area contributed by atoms with Crippen LogP contribution >= 0.6 is 0 Å². The van der Waals surface area contributed by atoms with E-state index in [-0.39, 0.29) is 11.3 Å². The van der Waals surface area contributed by atoms with Crippen LogP contribution in [0.5, 0.6) is 5.75 Å². The van der Waals surface area contributed by atoms with E-state index in [1.807, 2.05) is 5.32 Å².